The van der Waals surface area contributed by atoms with Gasteiger partial charge in [0, 0.05) is 18.1 Å². The summed E-state index contributed by atoms with van der Waals surface area (Å²) in [5.41, 5.74) is 9.69. The van der Waals surface area contributed by atoms with Crippen LogP contribution in [0.3, 0.4) is 0 Å². The van der Waals surface area contributed by atoms with Crippen LogP contribution in [0.15, 0.2) is 60.7 Å². The molecule has 2 unspecified atom stereocenters. The molecule has 0 radical (unpaired) electrons. The molecule has 2 aromatic carbocycles. The van der Waals surface area contributed by atoms with E-state index in [1.165, 1.54) is 75.3 Å². The standard InChI is InChI=1S/C26H36N2/c27-25(21-13-5-1-6-14-21)26(22-15-7-2-8-16-22)28(23-17-9-3-10-18-23)24-19-11-4-12-20-24/h1-2,5-8,13-16,23-26H,3-4,9-12,17-20,27H2. The molecule has 2 nitrogen and oxygen atoms in total. The highest BCUT2D eigenvalue weighted by Gasteiger charge is 2.37. The van der Waals surface area contributed by atoms with E-state index in [4.69, 9.17) is 5.73 Å². The Morgan fingerprint density at radius 1 is 0.607 bits per heavy atom. The minimum Gasteiger partial charge on any atom is -0.322 e. The lowest BCUT2D eigenvalue weighted by Gasteiger charge is -2.48. The minimum absolute atomic E-state index is 0.00690. The summed E-state index contributed by atoms with van der Waals surface area (Å²) < 4.78 is 0. The Labute approximate surface area is 171 Å². The third kappa shape index (κ3) is 4.50. The number of hydrogen-bond acceptors (Lipinski definition) is 2. The predicted octanol–water partition coefficient (Wildman–Crippen LogP) is 6.40. The summed E-state index contributed by atoms with van der Waals surface area (Å²) in [6.45, 7) is 0. The SMILES string of the molecule is NC(c1ccccc1)C(c1ccccc1)N(C1CCCCC1)C1CCCCC1. The third-order valence-corrected chi connectivity index (χ3v) is 6.98. The molecule has 2 fully saturated rings. The predicted molar refractivity (Wildman–Crippen MR) is 118 cm³/mol. The van der Waals surface area contributed by atoms with Crippen LogP contribution in [0.4, 0.5) is 0 Å². The van der Waals surface area contributed by atoms with E-state index in [1.807, 2.05) is 0 Å². The van der Waals surface area contributed by atoms with Crippen LogP contribution in [0.1, 0.15) is 87.4 Å². The number of nitrogens with zero attached hydrogens (tertiary/aromatic N) is 1. The molecular formula is C26H36N2. The fourth-order valence-electron chi connectivity index (χ4n) is 5.58. The Morgan fingerprint density at radius 2 is 1.04 bits per heavy atom. The summed E-state index contributed by atoms with van der Waals surface area (Å²) in [7, 11) is 0. The van der Waals surface area contributed by atoms with Gasteiger partial charge in [-0.2, -0.15) is 0 Å². The molecule has 150 valence electrons. The van der Waals surface area contributed by atoms with Gasteiger partial charge < -0.3 is 5.73 Å². The maximum absolute atomic E-state index is 7.04. The lowest BCUT2D eigenvalue weighted by Crippen LogP contribution is -2.50. The fraction of sp³-hybridized carbons (Fsp3) is 0.538. The molecule has 4 rings (SSSR count). The third-order valence-electron chi connectivity index (χ3n) is 6.98. The van der Waals surface area contributed by atoms with Crippen molar-refractivity contribution in [3.63, 3.8) is 0 Å². The number of benzene rings is 2. The van der Waals surface area contributed by atoms with Crippen molar-refractivity contribution in [1.29, 1.82) is 0 Å². The van der Waals surface area contributed by atoms with E-state index in [1.54, 1.807) is 0 Å². The van der Waals surface area contributed by atoms with Gasteiger partial charge in [0.1, 0.15) is 0 Å². The molecular weight excluding hydrogens is 340 g/mol. The van der Waals surface area contributed by atoms with E-state index in [0.29, 0.717) is 12.1 Å². The van der Waals surface area contributed by atoms with Crippen LogP contribution in [0.5, 0.6) is 0 Å². The van der Waals surface area contributed by atoms with Gasteiger partial charge >= 0.3 is 0 Å². The van der Waals surface area contributed by atoms with Crippen molar-refractivity contribution >= 4 is 0 Å². The molecule has 0 aromatic heterocycles. The lowest BCUT2D eigenvalue weighted by molar-refractivity contribution is 0.0252. The van der Waals surface area contributed by atoms with Gasteiger partial charge in [0.25, 0.3) is 0 Å². The van der Waals surface area contributed by atoms with E-state index in [2.05, 4.69) is 65.6 Å². The van der Waals surface area contributed by atoms with Crippen molar-refractivity contribution in [2.75, 3.05) is 0 Å². The smallest absolute Gasteiger partial charge is 0.0546 e. The van der Waals surface area contributed by atoms with E-state index in [0.717, 1.165) is 0 Å². The second-order valence-electron chi connectivity index (χ2n) is 8.82. The van der Waals surface area contributed by atoms with Gasteiger partial charge in [-0.15, -0.1) is 0 Å². The Kier molecular flexibility index (Phi) is 6.82. The molecule has 0 bridgehead atoms. The average Bonchev–Trinajstić information content (AvgIpc) is 2.79. The molecule has 0 saturated heterocycles. The fourth-order valence-corrected chi connectivity index (χ4v) is 5.58. The van der Waals surface area contributed by atoms with Gasteiger partial charge in [-0.1, -0.05) is 99.2 Å². The Balaban J connectivity index is 1.73. The van der Waals surface area contributed by atoms with Crippen LogP contribution >= 0.6 is 0 Å². The highest BCUT2D eigenvalue weighted by Crippen LogP contribution is 2.41. The van der Waals surface area contributed by atoms with Crippen LogP contribution in [-0.4, -0.2) is 17.0 Å². The van der Waals surface area contributed by atoms with Gasteiger partial charge in [-0.3, -0.25) is 4.90 Å². The summed E-state index contributed by atoms with van der Waals surface area (Å²) in [6, 6.07) is 23.5. The zero-order valence-corrected chi connectivity index (χ0v) is 17.2. The largest absolute Gasteiger partial charge is 0.322 e. The first-order valence-corrected chi connectivity index (χ1v) is 11.5. The first-order chi connectivity index (χ1) is 13.8. The molecule has 0 aliphatic heterocycles. The normalized spacial score (nSPS) is 21.5. The average molecular weight is 377 g/mol. The molecule has 2 aliphatic rings. The summed E-state index contributed by atoms with van der Waals surface area (Å²) in [5.74, 6) is 0. The first-order valence-electron chi connectivity index (χ1n) is 11.5. The minimum atomic E-state index is 0.00690. The van der Waals surface area contributed by atoms with Gasteiger partial charge in [0.2, 0.25) is 0 Å². The number of rotatable bonds is 6. The van der Waals surface area contributed by atoms with Crippen LogP contribution in [0, 0.1) is 0 Å². The van der Waals surface area contributed by atoms with Crippen LogP contribution < -0.4 is 5.73 Å². The first kappa shape index (κ1) is 19.7. The number of hydrogen-bond donors (Lipinski definition) is 1. The highest BCUT2D eigenvalue weighted by atomic mass is 15.2. The van der Waals surface area contributed by atoms with E-state index in [9.17, 15) is 0 Å². The molecule has 2 N–H and O–H groups in total. The highest BCUT2D eigenvalue weighted by molar-refractivity contribution is 5.28. The molecule has 2 atom stereocenters. The van der Waals surface area contributed by atoms with Gasteiger partial charge in [0.15, 0.2) is 0 Å². The monoisotopic (exact) mass is 376 g/mol. The van der Waals surface area contributed by atoms with E-state index >= 15 is 0 Å². The molecule has 0 amide bonds. The second kappa shape index (κ2) is 9.71. The summed E-state index contributed by atoms with van der Waals surface area (Å²) in [6.07, 6.45) is 13.6. The Hall–Kier alpha value is -1.64. The second-order valence-corrected chi connectivity index (χ2v) is 8.82. The maximum Gasteiger partial charge on any atom is 0.0546 e. The molecule has 0 spiro atoms. The Morgan fingerprint density at radius 3 is 1.50 bits per heavy atom. The number of nitrogens with two attached hydrogens (primary N) is 1. The molecule has 2 heteroatoms. The molecule has 2 aliphatic carbocycles. The molecule has 0 heterocycles. The zero-order chi connectivity index (χ0) is 19.2. The summed E-state index contributed by atoms with van der Waals surface area (Å²) in [4.78, 5) is 2.89. The van der Waals surface area contributed by atoms with Crippen molar-refractivity contribution in [3.8, 4) is 0 Å². The van der Waals surface area contributed by atoms with Crippen LogP contribution in [0.25, 0.3) is 0 Å². The lowest BCUT2D eigenvalue weighted by atomic mass is 9.83. The molecule has 28 heavy (non-hydrogen) atoms. The van der Waals surface area contributed by atoms with Crippen molar-refractivity contribution < 1.29 is 0 Å². The van der Waals surface area contributed by atoms with Gasteiger partial charge in [-0.25, -0.2) is 0 Å². The maximum atomic E-state index is 7.04. The zero-order valence-electron chi connectivity index (χ0n) is 17.2. The van der Waals surface area contributed by atoms with Gasteiger partial charge in [0.05, 0.1) is 6.04 Å². The van der Waals surface area contributed by atoms with Crippen molar-refractivity contribution in [1.82, 2.24) is 4.90 Å². The van der Waals surface area contributed by atoms with Crippen LogP contribution in [-0.2, 0) is 0 Å². The summed E-state index contributed by atoms with van der Waals surface area (Å²) >= 11 is 0. The van der Waals surface area contributed by atoms with Crippen molar-refractivity contribution in [2.45, 2.75) is 88.4 Å². The van der Waals surface area contributed by atoms with E-state index in [-0.39, 0.29) is 12.1 Å². The summed E-state index contributed by atoms with van der Waals surface area (Å²) in [5, 5.41) is 0. The molecule has 2 aromatic rings. The van der Waals surface area contributed by atoms with Crippen molar-refractivity contribution in [2.24, 2.45) is 5.73 Å². The van der Waals surface area contributed by atoms with Crippen molar-refractivity contribution in [3.05, 3.63) is 71.8 Å². The quantitative estimate of drug-likeness (QED) is 0.632. The Bertz CT molecular complexity index is 669. The van der Waals surface area contributed by atoms with Crippen LogP contribution in [0.2, 0.25) is 0 Å². The van der Waals surface area contributed by atoms with E-state index < -0.39 is 0 Å². The van der Waals surface area contributed by atoms with Gasteiger partial charge in [-0.05, 0) is 36.8 Å². The molecule has 2 saturated carbocycles. The topological polar surface area (TPSA) is 29.3 Å².